The lowest BCUT2D eigenvalue weighted by Gasteiger charge is -2.27. The Balaban J connectivity index is 1.34. The van der Waals surface area contributed by atoms with Gasteiger partial charge < -0.3 is 10.6 Å². The van der Waals surface area contributed by atoms with E-state index in [1.54, 1.807) is 18.2 Å². The molecular weight excluding hydrogens is 360 g/mol. The number of carbonyl (C=O) groups is 4. The topological polar surface area (TPSA) is 108 Å². The van der Waals surface area contributed by atoms with E-state index >= 15 is 0 Å². The van der Waals surface area contributed by atoms with Crippen molar-refractivity contribution in [3.63, 3.8) is 0 Å². The number of carbonyl (C=O) groups excluding carboxylic acids is 4. The van der Waals surface area contributed by atoms with E-state index < -0.39 is 23.8 Å². The fraction of sp³-hybridized carbons (Fsp3) is 0.500. The number of benzene rings is 1. The number of nitrogens with zero attached hydrogens (tertiary/aromatic N) is 1. The molecule has 0 aliphatic carbocycles. The molecule has 4 aliphatic heterocycles. The van der Waals surface area contributed by atoms with Crippen LogP contribution >= 0.6 is 0 Å². The number of anilines is 1. The molecule has 1 unspecified atom stereocenters. The van der Waals surface area contributed by atoms with Gasteiger partial charge in [-0.3, -0.25) is 29.4 Å². The SMILES string of the molecule is O=C1CCC(N2C(=O)c3ccc(NCC45CCC(CC4)N5)cc3C2=O)C(=O)N1. The first kappa shape index (κ1) is 17.4. The maximum Gasteiger partial charge on any atom is 0.262 e. The van der Waals surface area contributed by atoms with E-state index in [0.29, 0.717) is 17.2 Å². The van der Waals surface area contributed by atoms with E-state index in [1.165, 1.54) is 12.8 Å². The minimum atomic E-state index is -0.932. The zero-order valence-electron chi connectivity index (χ0n) is 15.4. The van der Waals surface area contributed by atoms with Gasteiger partial charge in [0, 0.05) is 30.2 Å². The molecule has 1 atom stereocenters. The van der Waals surface area contributed by atoms with Crippen LogP contribution in [0.25, 0.3) is 0 Å². The van der Waals surface area contributed by atoms with Crippen molar-refractivity contribution in [3.8, 4) is 0 Å². The summed E-state index contributed by atoms with van der Waals surface area (Å²) >= 11 is 0. The van der Waals surface area contributed by atoms with E-state index in [0.717, 1.165) is 30.0 Å². The van der Waals surface area contributed by atoms with E-state index in [9.17, 15) is 19.2 Å². The second kappa shape index (κ2) is 6.13. The van der Waals surface area contributed by atoms with Gasteiger partial charge in [0.25, 0.3) is 11.8 Å². The van der Waals surface area contributed by atoms with E-state index in [1.807, 2.05) is 0 Å². The van der Waals surface area contributed by atoms with Crippen LogP contribution in [0.1, 0.15) is 59.2 Å². The Morgan fingerprint density at radius 3 is 2.46 bits per heavy atom. The molecule has 8 heteroatoms. The third-order valence-electron chi connectivity index (χ3n) is 6.52. The Labute approximate surface area is 162 Å². The smallest absolute Gasteiger partial charge is 0.262 e. The molecule has 4 amide bonds. The van der Waals surface area contributed by atoms with Crippen LogP contribution in [-0.2, 0) is 9.59 Å². The average Bonchev–Trinajstić information content (AvgIpc) is 3.35. The number of amides is 4. The average molecular weight is 382 g/mol. The lowest BCUT2D eigenvalue weighted by molar-refractivity contribution is -0.136. The number of nitrogens with one attached hydrogen (secondary N) is 3. The number of hydrogen-bond acceptors (Lipinski definition) is 6. The molecule has 4 aliphatic rings. The third kappa shape index (κ3) is 2.63. The first-order chi connectivity index (χ1) is 13.5. The van der Waals surface area contributed by atoms with Crippen molar-refractivity contribution in [1.29, 1.82) is 0 Å². The van der Waals surface area contributed by atoms with Crippen LogP contribution in [-0.4, -0.2) is 52.7 Å². The summed E-state index contributed by atoms with van der Waals surface area (Å²) in [6.45, 7) is 0.779. The van der Waals surface area contributed by atoms with Crippen molar-refractivity contribution in [2.75, 3.05) is 11.9 Å². The molecule has 0 radical (unpaired) electrons. The minimum Gasteiger partial charge on any atom is -0.383 e. The summed E-state index contributed by atoms with van der Waals surface area (Å²) in [5, 5.41) is 9.29. The molecule has 5 rings (SSSR count). The Morgan fingerprint density at radius 2 is 1.79 bits per heavy atom. The molecule has 0 aromatic heterocycles. The quantitative estimate of drug-likeness (QED) is 0.665. The maximum absolute atomic E-state index is 12.9. The summed E-state index contributed by atoms with van der Waals surface area (Å²) in [6, 6.07) is 4.83. The van der Waals surface area contributed by atoms with Gasteiger partial charge in [0.1, 0.15) is 6.04 Å². The van der Waals surface area contributed by atoms with Crippen LogP contribution in [0.5, 0.6) is 0 Å². The van der Waals surface area contributed by atoms with Crippen LogP contribution in [0.3, 0.4) is 0 Å². The minimum absolute atomic E-state index is 0.118. The lowest BCUT2D eigenvalue weighted by atomic mass is 9.88. The molecular formula is C20H22N4O4. The third-order valence-corrected chi connectivity index (χ3v) is 6.52. The summed E-state index contributed by atoms with van der Waals surface area (Å²) in [6.07, 6.45) is 5.00. The maximum atomic E-state index is 12.9. The predicted octanol–water partition coefficient (Wildman–Crippen LogP) is 0.784. The van der Waals surface area contributed by atoms with Crippen LogP contribution in [0.2, 0.25) is 0 Å². The Kier molecular flexibility index (Phi) is 3.80. The molecule has 3 N–H and O–H groups in total. The zero-order chi connectivity index (χ0) is 19.5. The molecule has 3 saturated heterocycles. The Bertz CT molecular complexity index is 903. The summed E-state index contributed by atoms with van der Waals surface area (Å²) in [5.74, 6) is -1.92. The van der Waals surface area contributed by atoms with Gasteiger partial charge in [0.05, 0.1) is 11.1 Å². The van der Waals surface area contributed by atoms with Crippen LogP contribution < -0.4 is 16.0 Å². The van der Waals surface area contributed by atoms with Crippen molar-refractivity contribution >= 4 is 29.3 Å². The standard InChI is InChI=1S/C20H22N4O4/c25-16-4-3-15(17(26)22-16)24-18(27)13-2-1-12(9-14(13)19(24)28)21-10-20-7-5-11(23-20)6-8-20/h1-2,9,11,15,21,23H,3-8,10H2,(H,22,25,26). The van der Waals surface area contributed by atoms with Gasteiger partial charge in [-0.05, 0) is 50.3 Å². The number of imide groups is 2. The number of rotatable bonds is 4. The summed E-state index contributed by atoms with van der Waals surface area (Å²) < 4.78 is 0. The Hall–Kier alpha value is -2.74. The fourth-order valence-corrected chi connectivity index (χ4v) is 4.97. The summed E-state index contributed by atoms with van der Waals surface area (Å²) in [5.41, 5.74) is 1.53. The molecule has 0 saturated carbocycles. The molecule has 1 aromatic rings. The molecule has 2 bridgehead atoms. The highest BCUT2D eigenvalue weighted by Gasteiger charge is 2.45. The molecule has 3 fully saturated rings. The lowest BCUT2D eigenvalue weighted by Crippen LogP contribution is -2.54. The van der Waals surface area contributed by atoms with Crippen LogP contribution in [0.15, 0.2) is 18.2 Å². The van der Waals surface area contributed by atoms with Crippen molar-refractivity contribution in [2.45, 2.75) is 56.1 Å². The highest BCUT2D eigenvalue weighted by molar-refractivity contribution is 6.23. The second-order valence-corrected chi connectivity index (χ2v) is 8.26. The molecule has 146 valence electrons. The molecule has 28 heavy (non-hydrogen) atoms. The van der Waals surface area contributed by atoms with Gasteiger partial charge in [-0.2, -0.15) is 0 Å². The number of hydrogen-bond donors (Lipinski definition) is 3. The molecule has 4 heterocycles. The van der Waals surface area contributed by atoms with Gasteiger partial charge in [-0.1, -0.05) is 0 Å². The van der Waals surface area contributed by atoms with Crippen molar-refractivity contribution in [3.05, 3.63) is 29.3 Å². The first-order valence-corrected chi connectivity index (χ1v) is 9.83. The Morgan fingerprint density at radius 1 is 1.04 bits per heavy atom. The molecule has 8 nitrogen and oxygen atoms in total. The van der Waals surface area contributed by atoms with Crippen LogP contribution in [0, 0.1) is 0 Å². The van der Waals surface area contributed by atoms with Gasteiger partial charge in [0.2, 0.25) is 11.8 Å². The van der Waals surface area contributed by atoms with Gasteiger partial charge in [0.15, 0.2) is 0 Å². The summed E-state index contributed by atoms with van der Waals surface area (Å²) in [4.78, 5) is 50.1. The highest BCUT2D eigenvalue weighted by atomic mass is 16.2. The van der Waals surface area contributed by atoms with Gasteiger partial charge >= 0.3 is 0 Å². The van der Waals surface area contributed by atoms with Crippen molar-refractivity contribution in [1.82, 2.24) is 15.5 Å². The zero-order valence-corrected chi connectivity index (χ0v) is 15.4. The normalized spacial score (nSPS) is 31.4. The van der Waals surface area contributed by atoms with E-state index in [2.05, 4.69) is 16.0 Å². The first-order valence-electron chi connectivity index (χ1n) is 9.83. The van der Waals surface area contributed by atoms with Gasteiger partial charge in [-0.25, -0.2) is 0 Å². The molecule has 0 spiro atoms. The summed E-state index contributed by atoms with van der Waals surface area (Å²) in [7, 11) is 0. The van der Waals surface area contributed by atoms with Crippen molar-refractivity contribution < 1.29 is 19.2 Å². The monoisotopic (exact) mass is 382 g/mol. The van der Waals surface area contributed by atoms with E-state index in [-0.39, 0.29) is 24.3 Å². The number of piperidine rings is 1. The highest BCUT2D eigenvalue weighted by Crippen LogP contribution is 2.38. The van der Waals surface area contributed by atoms with Crippen molar-refractivity contribution in [2.24, 2.45) is 0 Å². The largest absolute Gasteiger partial charge is 0.383 e. The second-order valence-electron chi connectivity index (χ2n) is 8.26. The van der Waals surface area contributed by atoms with E-state index in [4.69, 9.17) is 0 Å². The van der Waals surface area contributed by atoms with Gasteiger partial charge in [-0.15, -0.1) is 0 Å². The van der Waals surface area contributed by atoms with Crippen LogP contribution in [0.4, 0.5) is 5.69 Å². The molecule has 1 aromatic carbocycles. The number of fused-ring (bicyclic) bond motifs is 3. The fourth-order valence-electron chi connectivity index (χ4n) is 4.97. The predicted molar refractivity (Wildman–Crippen MR) is 99.7 cm³/mol.